The highest BCUT2D eigenvalue weighted by atomic mass is 35.5. The van der Waals surface area contributed by atoms with Gasteiger partial charge in [0, 0.05) is 18.6 Å². The van der Waals surface area contributed by atoms with Crippen LogP contribution in [0.15, 0.2) is 0 Å². The van der Waals surface area contributed by atoms with Crippen molar-refractivity contribution >= 4 is 18.3 Å². The lowest BCUT2D eigenvalue weighted by Crippen LogP contribution is -2.47. The van der Waals surface area contributed by atoms with E-state index >= 15 is 0 Å². The van der Waals surface area contributed by atoms with Crippen LogP contribution >= 0.6 is 12.4 Å². The average molecular weight is 330 g/mol. The highest BCUT2D eigenvalue weighted by Gasteiger charge is 2.42. The van der Waals surface area contributed by atoms with Crippen LogP contribution in [0.3, 0.4) is 0 Å². The largest absolute Gasteiger partial charge is 0.352 e. The Morgan fingerprint density at radius 1 is 1.27 bits per heavy atom. The topological polar surface area (TPSA) is 44.4 Å². The average Bonchev–Trinajstić information content (AvgIpc) is 3.16. The van der Waals surface area contributed by atoms with Crippen LogP contribution in [-0.4, -0.2) is 49.6 Å². The molecule has 0 spiro atoms. The lowest BCUT2D eigenvalue weighted by atomic mass is 9.84. The van der Waals surface area contributed by atoms with Gasteiger partial charge in [0.2, 0.25) is 5.91 Å². The van der Waals surface area contributed by atoms with Gasteiger partial charge in [-0.15, -0.1) is 12.4 Å². The summed E-state index contributed by atoms with van der Waals surface area (Å²) in [5.41, 5.74) is 0. The molecule has 2 aliphatic carbocycles. The smallest absolute Gasteiger partial charge is 0.234 e. The Balaban J connectivity index is 0.00000176. The Morgan fingerprint density at radius 2 is 2.09 bits per heavy atom. The summed E-state index contributed by atoms with van der Waals surface area (Å²) in [4.78, 5) is 14.7. The molecule has 2 N–H and O–H groups in total. The number of halogens is 1. The number of nitrogens with zero attached hydrogens (tertiary/aromatic N) is 1. The standard InChI is InChI=1S/C17H31N3O.ClH/c1-12(16-9-13-5-6-14(16)8-13)19-17(21)11-20-7-3-4-15(20)10-18-2;/h12-16,18H,3-11H2,1-2H3,(H,19,21);1H. The number of amides is 1. The number of nitrogens with one attached hydrogen (secondary N) is 2. The Morgan fingerprint density at radius 3 is 2.73 bits per heavy atom. The number of fused-ring (bicyclic) bond motifs is 2. The molecule has 0 aromatic rings. The van der Waals surface area contributed by atoms with E-state index in [9.17, 15) is 4.79 Å². The van der Waals surface area contributed by atoms with Crippen LogP contribution in [0.4, 0.5) is 0 Å². The lowest BCUT2D eigenvalue weighted by Gasteiger charge is -2.30. The summed E-state index contributed by atoms with van der Waals surface area (Å²) in [7, 11) is 1.99. The van der Waals surface area contributed by atoms with E-state index in [2.05, 4.69) is 22.5 Å². The Kier molecular flexibility index (Phi) is 6.54. The van der Waals surface area contributed by atoms with E-state index in [0.29, 0.717) is 18.6 Å². The molecule has 0 radical (unpaired) electrons. The summed E-state index contributed by atoms with van der Waals surface area (Å²) in [6.07, 6.45) is 8.03. The molecule has 5 unspecified atom stereocenters. The van der Waals surface area contributed by atoms with E-state index in [4.69, 9.17) is 0 Å². The quantitative estimate of drug-likeness (QED) is 0.783. The second-order valence-electron chi connectivity index (χ2n) is 7.52. The van der Waals surface area contributed by atoms with Gasteiger partial charge < -0.3 is 10.6 Å². The third kappa shape index (κ3) is 3.95. The first kappa shape index (κ1) is 18.0. The maximum atomic E-state index is 12.3. The van der Waals surface area contributed by atoms with E-state index in [1.165, 1.54) is 38.5 Å². The molecule has 3 rings (SSSR count). The number of hydrogen-bond donors (Lipinski definition) is 2. The molecule has 1 heterocycles. The fraction of sp³-hybridized carbons (Fsp3) is 0.941. The Hall–Kier alpha value is -0.320. The Bertz CT molecular complexity index is 379. The van der Waals surface area contributed by atoms with Crippen molar-refractivity contribution in [3.05, 3.63) is 0 Å². The molecule has 4 nitrogen and oxygen atoms in total. The zero-order valence-corrected chi connectivity index (χ0v) is 14.8. The predicted octanol–water partition coefficient (Wildman–Crippen LogP) is 2.03. The summed E-state index contributed by atoms with van der Waals surface area (Å²) in [6, 6.07) is 0.900. The number of rotatable bonds is 6. The van der Waals surface area contributed by atoms with Gasteiger partial charge >= 0.3 is 0 Å². The highest BCUT2D eigenvalue weighted by molar-refractivity contribution is 5.85. The van der Waals surface area contributed by atoms with Gasteiger partial charge in [-0.3, -0.25) is 9.69 Å². The van der Waals surface area contributed by atoms with Crippen LogP contribution in [0.5, 0.6) is 0 Å². The van der Waals surface area contributed by atoms with Gasteiger partial charge in [0.05, 0.1) is 6.54 Å². The van der Waals surface area contributed by atoms with Crippen LogP contribution in [0.25, 0.3) is 0 Å². The van der Waals surface area contributed by atoms with Crippen molar-refractivity contribution in [2.24, 2.45) is 17.8 Å². The molecule has 22 heavy (non-hydrogen) atoms. The fourth-order valence-electron chi connectivity index (χ4n) is 5.07. The lowest BCUT2D eigenvalue weighted by molar-refractivity contribution is -0.123. The molecule has 1 aliphatic heterocycles. The zero-order valence-electron chi connectivity index (χ0n) is 14.0. The second kappa shape index (κ2) is 7.98. The minimum Gasteiger partial charge on any atom is -0.352 e. The SMILES string of the molecule is CNCC1CCCN1CC(=O)NC(C)C1CC2CCC1C2.Cl. The van der Waals surface area contributed by atoms with Crippen molar-refractivity contribution in [2.75, 3.05) is 26.7 Å². The van der Waals surface area contributed by atoms with Gasteiger partial charge in [0.25, 0.3) is 0 Å². The molecule has 0 aromatic carbocycles. The maximum absolute atomic E-state index is 12.3. The molecule has 5 heteroatoms. The fourth-order valence-corrected chi connectivity index (χ4v) is 5.07. The van der Waals surface area contributed by atoms with E-state index < -0.39 is 0 Å². The van der Waals surface area contributed by atoms with Crippen molar-refractivity contribution < 1.29 is 4.79 Å². The van der Waals surface area contributed by atoms with E-state index in [-0.39, 0.29) is 18.3 Å². The summed E-state index contributed by atoms with van der Waals surface area (Å²) < 4.78 is 0. The van der Waals surface area contributed by atoms with Gasteiger partial charge in [-0.25, -0.2) is 0 Å². The molecular weight excluding hydrogens is 298 g/mol. The van der Waals surface area contributed by atoms with Crippen LogP contribution in [0, 0.1) is 17.8 Å². The predicted molar refractivity (Wildman–Crippen MR) is 92.3 cm³/mol. The van der Waals surface area contributed by atoms with Crippen LogP contribution < -0.4 is 10.6 Å². The monoisotopic (exact) mass is 329 g/mol. The van der Waals surface area contributed by atoms with Gasteiger partial charge in [0.1, 0.15) is 0 Å². The van der Waals surface area contributed by atoms with Crippen molar-refractivity contribution in [2.45, 2.75) is 57.5 Å². The molecule has 1 saturated heterocycles. The molecule has 5 atom stereocenters. The van der Waals surface area contributed by atoms with E-state index in [1.54, 1.807) is 0 Å². The molecule has 128 valence electrons. The molecule has 1 amide bonds. The minimum absolute atomic E-state index is 0. The maximum Gasteiger partial charge on any atom is 0.234 e. The van der Waals surface area contributed by atoms with Crippen LogP contribution in [0.1, 0.15) is 45.4 Å². The first-order valence-electron chi connectivity index (χ1n) is 8.85. The molecule has 3 fully saturated rings. The summed E-state index contributed by atoms with van der Waals surface area (Å²) in [6.45, 7) is 4.87. The van der Waals surface area contributed by atoms with Crippen molar-refractivity contribution in [3.63, 3.8) is 0 Å². The number of carbonyl (C=O) groups is 1. The minimum atomic E-state index is 0. The first-order chi connectivity index (χ1) is 10.2. The molecule has 2 bridgehead atoms. The summed E-state index contributed by atoms with van der Waals surface area (Å²) >= 11 is 0. The van der Waals surface area contributed by atoms with Crippen LogP contribution in [0.2, 0.25) is 0 Å². The summed E-state index contributed by atoms with van der Waals surface area (Å²) in [5, 5.41) is 6.54. The normalized spacial score (nSPS) is 35.4. The highest BCUT2D eigenvalue weighted by Crippen LogP contribution is 2.49. The molecular formula is C17H32ClN3O. The zero-order chi connectivity index (χ0) is 14.8. The van der Waals surface area contributed by atoms with Gasteiger partial charge in [-0.05, 0) is 70.4 Å². The molecule has 2 saturated carbocycles. The second-order valence-corrected chi connectivity index (χ2v) is 7.52. The third-order valence-corrected chi connectivity index (χ3v) is 6.11. The molecule has 3 aliphatic rings. The van der Waals surface area contributed by atoms with Crippen molar-refractivity contribution in [1.82, 2.24) is 15.5 Å². The van der Waals surface area contributed by atoms with Crippen molar-refractivity contribution in [1.29, 1.82) is 0 Å². The van der Waals surface area contributed by atoms with Gasteiger partial charge in [0.15, 0.2) is 0 Å². The number of likely N-dealkylation sites (tertiary alicyclic amines) is 1. The van der Waals surface area contributed by atoms with Crippen LogP contribution in [-0.2, 0) is 4.79 Å². The molecule has 0 aromatic heterocycles. The number of likely N-dealkylation sites (N-methyl/N-ethyl adjacent to an activating group) is 1. The number of hydrogen-bond acceptors (Lipinski definition) is 3. The Labute approximate surface area is 141 Å². The van der Waals surface area contributed by atoms with Crippen molar-refractivity contribution in [3.8, 4) is 0 Å². The third-order valence-electron chi connectivity index (χ3n) is 6.11. The first-order valence-corrected chi connectivity index (χ1v) is 8.85. The number of carbonyl (C=O) groups excluding carboxylic acids is 1. The van der Waals surface area contributed by atoms with E-state index in [1.807, 2.05) is 7.05 Å². The summed E-state index contributed by atoms with van der Waals surface area (Å²) in [5.74, 6) is 2.81. The van der Waals surface area contributed by atoms with E-state index in [0.717, 1.165) is 30.8 Å². The van der Waals surface area contributed by atoms with Gasteiger partial charge in [-0.1, -0.05) is 6.42 Å². The van der Waals surface area contributed by atoms with Gasteiger partial charge in [-0.2, -0.15) is 0 Å².